The zero-order chi connectivity index (χ0) is 12.4. The summed E-state index contributed by atoms with van der Waals surface area (Å²) in [6.07, 6.45) is 4.15. The van der Waals surface area contributed by atoms with Crippen molar-refractivity contribution in [3.05, 3.63) is 11.9 Å². The van der Waals surface area contributed by atoms with E-state index in [4.69, 9.17) is 5.73 Å². The summed E-state index contributed by atoms with van der Waals surface area (Å²) in [7, 11) is 0. The van der Waals surface area contributed by atoms with Crippen LogP contribution in [0.25, 0.3) is 0 Å². The van der Waals surface area contributed by atoms with Gasteiger partial charge in [-0.3, -0.25) is 4.68 Å². The van der Waals surface area contributed by atoms with Gasteiger partial charge in [-0.2, -0.15) is 5.10 Å². The lowest BCUT2D eigenvalue weighted by atomic mass is 10.0. The number of hydrogen-bond donors (Lipinski definition) is 1. The van der Waals surface area contributed by atoms with Crippen LogP contribution in [0.4, 0.5) is 5.69 Å². The van der Waals surface area contributed by atoms with E-state index in [-0.39, 0.29) is 0 Å². The molecule has 1 fully saturated rings. The second-order valence-electron chi connectivity index (χ2n) is 5.56. The standard InChI is InChI=1S/C13H24N4/c1-10(2)9-16-6-4-12(5-7-16)17-11(3)13(14)8-15-17/h8,10,12H,4-7,9,14H2,1-3H3. The Hall–Kier alpha value is -1.03. The van der Waals surface area contributed by atoms with E-state index in [9.17, 15) is 0 Å². The minimum Gasteiger partial charge on any atom is -0.396 e. The molecule has 0 saturated carbocycles. The van der Waals surface area contributed by atoms with Gasteiger partial charge in [0, 0.05) is 19.6 Å². The highest BCUT2D eigenvalue weighted by atomic mass is 15.3. The molecule has 0 amide bonds. The molecular weight excluding hydrogens is 212 g/mol. The summed E-state index contributed by atoms with van der Waals surface area (Å²) in [5.74, 6) is 0.758. The zero-order valence-corrected chi connectivity index (χ0v) is 11.2. The van der Waals surface area contributed by atoms with Crippen molar-refractivity contribution < 1.29 is 0 Å². The molecule has 0 spiro atoms. The third kappa shape index (κ3) is 2.80. The van der Waals surface area contributed by atoms with Crippen LogP contribution in [0, 0.1) is 12.8 Å². The van der Waals surface area contributed by atoms with E-state index in [1.54, 1.807) is 6.20 Å². The number of nitrogen functional groups attached to an aromatic ring is 1. The maximum Gasteiger partial charge on any atom is 0.0730 e. The quantitative estimate of drug-likeness (QED) is 0.874. The highest BCUT2D eigenvalue weighted by Gasteiger charge is 2.22. The number of anilines is 1. The Morgan fingerprint density at radius 1 is 1.41 bits per heavy atom. The van der Waals surface area contributed by atoms with Gasteiger partial charge in [-0.15, -0.1) is 0 Å². The molecule has 2 rings (SSSR count). The van der Waals surface area contributed by atoms with E-state index < -0.39 is 0 Å². The molecule has 0 aliphatic carbocycles. The first-order valence-electron chi connectivity index (χ1n) is 6.60. The van der Waals surface area contributed by atoms with E-state index in [0.29, 0.717) is 6.04 Å². The van der Waals surface area contributed by atoms with Crippen molar-refractivity contribution in [2.45, 2.75) is 39.7 Å². The van der Waals surface area contributed by atoms with Crippen molar-refractivity contribution in [1.82, 2.24) is 14.7 Å². The van der Waals surface area contributed by atoms with Gasteiger partial charge in [0.25, 0.3) is 0 Å². The summed E-state index contributed by atoms with van der Waals surface area (Å²) in [4.78, 5) is 2.56. The van der Waals surface area contributed by atoms with Crippen molar-refractivity contribution in [2.24, 2.45) is 5.92 Å². The average Bonchev–Trinajstić information content (AvgIpc) is 2.60. The molecule has 4 heteroatoms. The Kier molecular flexibility index (Phi) is 3.72. The van der Waals surface area contributed by atoms with Crippen LogP contribution in [-0.2, 0) is 0 Å². The fourth-order valence-corrected chi connectivity index (χ4v) is 2.67. The summed E-state index contributed by atoms with van der Waals surface area (Å²) < 4.78 is 2.11. The molecule has 2 heterocycles. The lowest BCUT2D eigenvalue weighted by molar-refractivity contribution is 0.163. The highest BCUT2D eigenvalue weighted by molar-refractivity contribution is 5.39. The van der Waals surface area contributed by atoms with Gasteiger partial charge >= 0.3 is 0 Å². The number of hydrogen-bond acceptors (Lipinski definition) is 3. The van der Waals surface area contributed by atoms with E-state index in [1.165, 1.54) is 32.5 Å². The maximum absolute atomic E-state index is 5.85. The van der Waals surface area contributed by atoms with Gasteiger partial charge in [-0.1, -0.05) is 13.8 Å². The molecule has 1 aliphatic heterocycles. The van der Waals surface area contributed by atoms with Gasteiger partial charge in [0.15, 0.2) is 0 Å². The van der Waals surface area contributed by atoms with E-state index in [1.807, 2.05) is 0 Å². The lowest BCUT2D eigenvalue weighted by Crippen LogP contribution is -2.37. The largest absolute Gasteiger partial charge is 0.396 e. The van der Waals surface area contributed by atoms with Crippen molar-refractivity contribution in [1.29, 1.82) is 0 Å². The average molecular weight is 236 g/mol. The van der Waals surface area contributed by atoms with Gasteiger partial charge in [-0.05, 0) is 25.7 Å². The Morgan fingerprint density at radius 3 is 2.53 bits per heavy atom. The molecule has 0 radical (unpaired) electrons. The normalized spacial score (nSPS) is 19.1. The van der Waals surface area contributed by atoms with Crippen LogP contribution >= 0.6 is 0 Å². The smallest absolute Gasteiger partial charge is 0.0730 e. The first-order valence-corrected chi connectivity index (χ1v) is 6.60. The SMILES string of the molecule is Cc1c(N)cnn1C1CCN(CC(C)C)CC1. The monoisotopic (exact) mass is 236 g/mol. The van der Waals surface area contributed by atoms with E-state index >= 15 is 0 Å². The topological polar surface area (TPSA) is 47.1 Å². The summed E-state index contributed by atoms with van der Waals surface area (Å²) in [5.41, 5.74) is 7.78. The molecule has 0 bridgehead atoms. The lowest BCUT2D eigenvalue weighted by Gasteiger charge is -2.33. The maximum atomic E-state index is 5.85. The van der Waals surface area contributed by atoms with Gasteiger partial charge in [0.2, 0.25) is 0 Å². The van der Waals surface area contributed by atoms with Crippen molar-refractivity contribution in [3.63, 3.8) is 0 Å². The first kappa shape index (κ1) is 12.4. The molecule has 2 N–H and O–H groups in total. The fraction of sp³-hybridized carbons (Fsp3) is 0.769. The summed E-state index contributed by atoms with van der Waals surface area (Å²) in [5, 5.41) is 4.40. The van der Waals surface area contributed by atoms with Crippen LogP contribution in [0.2, 0.25) is 0 Å². The second kappa shape index (κ2) is 5.08. The molecule has 0 unspecified atom stereocenters. The van der Waals surface area contributed by atoms with Crippen LogP contribution in [0.1, 0.15) is 38.4 Å². The van der Waals surface area contributed by atoms with Gasteiger partial charge in [0.05, 0.1) is 23.6 Å². The van der Waals surface area contributed by atoms with Crippen LogP contribution in [0.3, 0.4) is 0 Å². The van der Waals surface area contributed by atoms with Crippen LogP contribution < -0.4 is 5.73 Å². The molecule has 1 aromatic rings. The Balaban J connectivity index is 1.93. The Labute approximate surface area is 104 Å². The Bertz CT molecular complexity index is 361. The molecule has 17 heavy (non-hydrogen) atoms. The third-order valence-electron chi connectivity index (χ3n) is 3.61. The van der Waals surface area contributed by atoms with Crippen LogP contribution in [-0.4, -0.2) is 34.3 Å². The third-order valence-corrected chi connectivity index (χ3v) is 3.61. The van der Waals surface area contributed by atoms with Crippen LogP contribution in [0.15, 0.2) is 6.20 Å². The fourth-order valence-electron chi connectivity index (χ4n) is 2.67. The second-order valence-corrected chi connectivity index (χ2v) is 5.56. The molecule has 0 aromatic carbocycles. The van der Waals surface area contributed by atoms with E-state index in [0.717, 1.165) is 17.3 Å². The van der Waals surface area contributed by atoms with Crippen molar-refractivity contribution in [3.8, 4) is 0 Å². The Morgan fingerprint density at radius 2 is 2.06 bits per heavy atom. The minimum atomic E-state index is 0.538. The molecule has 96 valence electrons. The number of rotatable bonds is 3. The molecule has 4 nitrogen and oxygen atoms in total. The number of piperidine rings is 1. The molecular formula is C13H24N4. The molecule has 1 saturated heterocycles. The first-order chi connectivity index (χ1) is 8.08. The number of nitrogens with two attached hydrogens (primary N) is 1. The predicted molar refractivity (Wildman–Crippen MR) is 70.9 cm³/mol. The molecule has 1 aromatic heterocycles. The van der Waals surface area contributed by atoms with Gasteiger partial charge in [0.1, 0.15) is 0 Å². The highest BCUT2D eigenvalue weighted by Crippen LogP contribution is 2.25. The van der Waals surface area contributed by atoms with E-state index in [2.05, 4.69) is 35.5 Å². The van der Waals surface area contributed by atoms with Gasteiger partial charge < -0.3 is 10.6 Å². The minimum absolute atomic E-state index is 0.538. The number of likely N-dealkylation sites (tertiary alicyclic amines) is 1. The zero-order valence-electron chi connectivity index (χ0n) is 11.2. The van der Waals surface area contributed by atoms with Crippen LogP contribution in [0.5, 0.6) is 0 Å². The summed E-state index contributed by atoms with van der Waals surface area (Å²) in [6, 6.07) is 0.538. The summed E-state index contributed by atoms with van der Waals surface area (Å²) in [6.45, 7) is 10.2. The van der Waals surface area contributed by atoms with Crippen molar-refractivity contribution >= 4 is 5.69 Å². The summed E-state index contributed by atoms with van der Waals surface area (Å²) >= 11 is 0. The predicted octanol–water partition coefficient (Wildman–Crippen LogP) is 2.07. The molecule has 1 aliphatic rings. The number of nitrogens with zero attached hydrogens (tertiary/aromatic N) is 3. The van der Waals surface area contributed by atoms with Crippen molar-refractivity contribution in [2.75, 3.05) is 25.4 Å². The molecule has 0 atom stereocenters. The number of aromatic nitrogens is 2. The van der Waals surface area contributed by atoms with Gasteiger partial charge in [-0.25, -0.2) is 0 Å².